The summed E-state index contributed by atoms with van der Waals surface area (Å²) in [6.45, 7) is 3.66. The molecule has 6 heteroatoms. The lowest BCUT2D eigenvalue weighted by atomic mass is 9.99. The zero-order chi connectivity index (χ0) is 15.1. The molecular weight excluding hydrogens is 281 g/mol. The molecule has 0 spiro atoms. The number of amides is 1. The van der Waals surface area contributed by atoms with Crippen LogP contribution < -0.4 is 5.32 Å². The summed E-state index contributed by atoms with van der Waals surface area (Å²) in [6, 6.07) is 4.92. The molecule has 0 bridgehead atoms. The number of carbonyl (C=O) groups excluding carboxylic acids is 1. The monoisotopic (exact) mass is 299 g/mol. The number of thioether (sulfide) groups is 1. The van der Waals surface area contributed by atoms with Crippen molar-refractivity contribution < 1.29 is 19.1 Å². The molecule has 2 unspecified atom stereocenters. The molecule has 110 valence electrons. The summed E-state index contributed by atoms with van der Waals surface area (Å²) in [5.41, 5.74) is 0. The van der Waals surface area contributed by atoms with E-state index in [1.165, 1.54) is 23.9 Å². The van der Waals surface area contributed by atoms with Gasteiger partial charge >= 0.3 is 5.97 Å². The SMILES string of the molecule is CCC(C)C(NC(=O)CSc1ccc(F)cc1)C(=O)O. The fraction of sp³-hybridized carbons (Fsp3) is 0.429. The first-order valence-electron chi connectivity index (χ1n) is 6.34. The number of benzene rings is 1. The molecule has 0 aliphatic heterocycles. The summed E-state index contributed by atoms with van der Waals surface area (Å²) in [5.74, 6) is -1.73. The standard InChI is InChI=1S/C14H18FNO3S/c1-3-9(2)13(14(18)19)16-12(17)8-20-11-6-4-10(15)5-7-11/h4-7,9,13H,3,8H2,1-2H3,(H,16,17)(H,18,19). The van der Waals surface area contributed by atoms with Crippen molar-refractivity contribution in [2.45, 2.75) is 31.2 Å². The molecule has 0 saturated heterocycles. The average Bonchev–Trinajstić information content (AvgIpc) is 2.43. The van der Waals surface area contributed by atoms with Crippen LogP contribution in [0.2, 0.25) is 0 Å². The molecule has 1 rings (SSSR count). The molecule has 2 N–H and O–H groups in total. The summed E-state index contributed by atoms with van der Waals surface area (Å²) in [6.07, 6.45) is 0.669. The van der Waals surface area contributed by atoms with Crippen molar-refractivity contribution in [3.8, 4) is 0 Å². The third-order valence-electron chi connectivity index (χ3n) is 2.98. The van der Waals surface area contributed by atoms with Gasteiger partial charge in [-0.15, -0.1) is 11.8 Å². The third-order valence-corrected chi connectivity index (χ3v) is 3.99. The summed E-state index contributed by atoms with van der Waals surface area (Å²) in [4.78, 5) is 23.6. The maximum absolute atomic E-state index is 12.7. The highest BCUT2D eigenvalue weighted by Crippen LogP contribution is 2.18. The normalized spacial score (nSPS) is 13.6. The lowest BCUT2D eigenvalue weighted by Gasteiger charge is -2.19. The zero-order valence-electron chi connectivity index (χ0n) is 11.4. The van der Waals surface area contributed by atoms with Crippen LogP contribution >= 0.6 is 11.8 Å². The van der Waals surface area contributed by atoms with Crippen LogP contribution in [0, 0.1) is 11.7 Å². The quantitative estimate of drug-likeness (QED) is 0.759. The number of rotatable bonds is 7. The first kappa shape index (κ1) is 16.5. The molecule has 0 saturated carbocycles. The molecule has 1 aromatic rings. The second-order valence-corrected chi connectivity index (χ2v) is 5.56. The van der Waals surface area contributed by atoms with Gasteiger partial charge in [0.1, 0.15) is 11.9 Å². The average molecular weight is 299 g/mol. The van der Waals surface area contributed by atoms with Gasteiger partial charge in [0.25, 0.3) is 0 Å². The van der Waals surface area contributed by atoms with E-state index < -0.39 is 12.0 Å². The van der Waals surface area contributed by atoms with Crippen molar-refractivity contribution in [1.82, 2.24) is 5.32 Å². The Hall–Kier alpha value is -1.56. The number of carboxylic acids is 1. The number of hydrogen-bond acceptors (Lipinski definition) is 3. The minimum atomic E-state index is -1.03. The minimum absolute atomic E-state index is 0.103. The Morgan fingerprint density at radius 1 is 1.35 bits per heavy atom. The Labute approximate surface area is 121 Å². The van der Waals surface area contributed by atoms with E-state index in [1.807, 2.05) is 6.92 Å². The summed E-state index contributed by atoms with van der Waals surface area (Å²) in [7, 11) is 0. The predicted octanol–water partition coefficient (Wildman–Crippen LogP) is 2.53. The summed E-state index contributed by atoms with van der Waals surface area (Å²) >= 11 is 1.24. The molecule has 1 aromatic carbocycles. The van der Waals surface area contributed by atoms with Crippen molar-refractivity contribution in [1.29, 1.82) is 0 Å². The molecule has 0 radical (unpaired) electrons. The second-order valence-electron chi connectivity index (χ2n) is 4.51. The van der Waals surface area contributed by atoms with Crippen LogP contribution in [0.5, 0.6) is 0 Å². The Morgan fingerprint density at radius 2 is 1.95 bits per heavy atom. The maximum Gasteiger partial charge on any atom is 0.326 e. The van der Waals surface area contributed by atoms with Gasteiger partial charge in [-0.05, 0) is 30.2 Å². The van der Waals surface area contributed by atoms with E-state index in [2.05, 4.69) is 5.32 Å². The van der Waals surface area contributed by atoms with E-state index in [9.17, 15) is 14.0 Å². The van der Waals surface area contributed by atoms with Crippen molar-refractivity contribution in [3.63, 3.8) is 0 Å². The molecule has 0 aliphatic carbocycles. The number of hydrogen-bond donors (Lipinski definition) is 2. The van der Waals surface area contributed by atoms with Crippen LogP contribution in [0.15, 0.2) is 29.2 Å². The van der Waals surface area contributed by atoms with Crippen LogP contribution in [0.3, 0.4) is 0 Å². The van der Waals surface area contributed by atoms with Gasteiger partial charge in [-0.3, -0.25) is 4.79 Å². The second kappa shape index (κ2) is 7.89. The van der Waals surface area contributed by atoms with Gasteiger partial charge in [0.15, 0.2) is 0 Å². The fourth-order valence-electron chi connectivity index (χ4n) is 1.58. The Balaban J connectivity index is 2.49. The molecular formula is C14H18FNO3S. The van der Waals surface area contributed by atoms with Crippen LogP contribution in [-0.4, -0.2) is 28.8 Å². The van der Waals surface area contributed by atoms with Gasteiger partial charge in [-0.1, -0.05) is 20.3 Å². The van der Waals surface area contributed by atoms with Crippen molar-refractivity contribution in [2.75, 3.05) is 5.75 Å². The topological polar surface area (TPSA) is 66.4 Å². The highest BCUT2D eigenvalue weighted by Gasteiger charge is 2.25. The van der Waals surface area contributed by atoms with Crippen molar-refractivity contribution in [3.05, 3.63) is 30.1 Å². The van der Waals surface area contributed by atoms with Crippen LogP contribution in [0.25, 0.3) is 0 Å². The van der Waals surface area contributed by atoms with Gasteiger partial charge in [-0.25, -0.2) is 9.18 Å². The van der Waals surface area contributed by atoms with Crippen LogP contribution in [0.1, 0.15) is 20.3 Å². The van der Waals surface area contributed by atoms with E-state index in [4.69, 9.17) is 5.11 Å². The van der Waals surface area contributed by atoms with Crippen molar-refractivity contribution in [2.24, 2.45) is 5.92 Å². The largest absolute Gasteiger partial charge is 0.480 e. The van der Waals surface area contributed by atoms with Gasteiger partial charge in [-0.2, -0.15) is 0 Å². The van der Waals surface area contributed by atoms with E-state index in [-0.39, 0.29) is 23.4 Å². The third kappa shape index (κ3) is 5.21. The first-order valence-corrected chi connectivity index (χ1v) is 7.33. The number of carbonyl (C=O) groups is 2. The highest BCUT2D eigenvalue weighted by molar-refractivity contribution is 8.00. The summed E-state index contributed by atoms with van der Waals surface area (Å²) in [5, 5.41) is 11.6. The van der Waals surface area contributed by atoms with Gasteiger partial charge < -0.3 is 10.4 Å². The zero-order valence-corrected chi connectivity index (χ0v) is 12.2. The van der Waals surface area contributed by atoms with E-state index in [1.54, 1.807) is 19.1 Å². The number of nitrogens with one attached hydrogen (secondary N) is 1. The molecule has 0 aliphatic rings. The molecule has 20 heavy (non-hydrogen) atoms. The minimum Gasteiger partial charge on any atom is -0.480 e. The molecule has 0 aromatic heterocycles. The molecule has 1 amide bonds. The fourth-order valence-corrected chi connectivity index (χ4v) is 2.29. The first-order chi connectivity index (χ1) is 9.43. The van der Waals surface area contributed by atoms with Crippen LogP contribution in [-0.2, 0) is 9.59 Å². The van der Waals surface area contributed by atoms with Crippen LogP contribution in [0.4, 0.5) is 4.39 Å². The Kier molecular flexibility index (Phi) is 6.51. The van der Waals surface area contributed by atoms with Crippen molar-refractivity contribution >= 4 is 23.6 Å². The molecule has 0 heterocycles. The number of halogens is 1. The van der Waals surface area contributed by atoms with E-state index >= 15 is 0 Å². The number of carboxylic acid groups (broad SMARTS) is 1. The Bertz CT molecular complexity index is 464. The summed E-state index contributed by atoms with van der Waals surface area (Å²) < 4.78 is 12.7. The van der Waals surface area contributed by atoms with Gasteiger partial charge in [0.05, 0.1) is 5.75 Å². The lowest BCUT2D eigenvalue weighted by Crippen LogP contribution is -2.45. The predicted molar refractivity (Wildman–Crippen MR) is 76.1 cm³/mol. The molecule has 4 nitrogen and oxygen atoms in total. The molecule has 0 fully saturated rings. The van der Waals surface area contributed by atoms with E-state index in [0.717, 1.165) is 4.90 Å². The Morgan fingerprint density at radius 3 is 2.45 bits per heavy atom. The highest BCUT2D eigenvalue weighted by atomic mass is 32.2. The smallest absolute Gasteiger partial charge is 0.326 e. The number of aliphatic carboxylic acids is 1. The van der Waals surface area contributed by atoms with Gasteiger partial charge in [0, 0.05) is 4.90 Å². The molecule has 2 atom stereocenters. The van der Waals surface area contributed by atoms with E-state index in [0.29, 0.717) is 6.42 Å². The maximum atomic E-state index is 12.7. The van der Waals surface area contributed by atoms with Gasteiger partial charge in [0.2, 0.25) is 5.91 Å². The lowest BCUT2D eigenvalue weighted by molar-refractivity contribution is -0.143.